The topological polar surface area (TPSA) is 34.0 Å². The number of likely N-dealkylation sites (N-methyl/N-ethyl adjacent to an activating group) is 1. The Morgan fingerprint density at radius 3 is 2.67 bits per heavy atom. The van der Waals surface area contributed by atoms with Crippen LogP contribution in [0.4, 0.5) is 0 Å². The van der Waals surface area contributed by atoms with E-state index in [2.05, 4.69) is 33.4 Å². The minimum absolute atomic E-state index is 0.924. The van der Waals surface area contributed by atoms with E-state index < -0.39 is 0 Å². The van der Waals surface area contributed by atoms with Crippen molar-refractivity contribution in [1.82, 2.24) is 19.7 Å². The molecule has 1 aromatic rings. The van der Waals surface area contributed by atoms with Crippen molar-refractivity contribution in [3.8, 4) is 0 Å². The fourth-order valence-electron chi connectivity index (χ4n) is 1.49. The van der Waals surface area contributed by atoms with Gasteiger partial charge in [-0.15, -0.1) is 10.2 Å². The first kappa shape index (κ1) is 10.3. The van der Waals surface area contributed by atoms with Crippen LogP contribution in [0.15, 0.2) is 23.5 Å². The minimum Gasteiger partial charge on any atom is -0.377 e. The Morgan fingerprint density at radius 1 is 1.33 bits per heavy atom. The van der Waals surface area contributed by atoms with Crippen molar-refractivity contribution in [3.63, 3.8) is 0 Å². The molecule has 80 valence electrons. The molecule has 1 aromatic heterocycles. The standard InChI is InChI=1S/C10H14N4S/c1-13-6-4-8(5-7-13)9-11-12-10(15-3)14(9)2/h4-6H,7H2,1-3H3. The fraction of sp³-hybridized carbons (Fsp3) is 0.400. The van der Waals surface area contributed by atoms with Crippen molar-refractivity contribution in [2.45, 2.75) is 5.16 Å². The Bertz CT molecular complexity index is 419. The van der Waals surface area contributed by atoms with E-state index in [4.69, 9.17) is 0 Å². The number of hydrogen-bond donors (Lipinski definition) is 0. The highest BCUT2D eigenvalue weighted by Crippen LogP contribution is 2.20. The summed E-state index contributed by atoms with van der Waals surface area (Å²) in [5, 5.41) is 9.25. The smallest absolute Gasteiger partial charge is 0.190 e. The maximum Gasteiger partial charge on any atom is 0.190 e. The summed E-state index contributed by atoms with van der Waals surface area (Å²) in [6, 6.07) is 0. The maximum absolute atomic E-state index is 4.19. The lowest BCUT2D eigenvalue weighted by Gasteiger charge is -2.16. The summed E-state index contributed by atoms with van der Waals surface area (Å²) in [6.45, 7) is 0.924. The van der Waals surface area contributed by atoms with E-state index in [-0.39, 0.29) is 0 Å². The van der Waals surface area contributed by atoms with Gasteiger partial charge < -0.3 is 9.47 Å². The van der Waals surface area contributed by atoms with Gasteiger partial charge >= 0.3 is 0 Å². The molecule has 2 rings (SSSR count). The lowest BCUT2D eigenvalue weighted by Crippen LogP contribution is -2.14. The van der Waals surface area contributed by atoms with E-state index in [0.29, 0.717) is 0 Å². The first-order valence-electron chi connectivity index (χ1n) is 4.74. The molecule has 0 spiro atoms. The van der Waals surface area contributed by atoms with Crippen molar-refractivity contribution in [2.75, 3.05) is 19.8 Å². The molecule has 0 unspecified atom stereocenters. The van der Waals surface area contributed by atoms with Crippen LogP contribution < -0.4 is 0 Å². The number of rotatable bonds is 2. The molecule has 1 aliphatic heterocycles. The molecule has 15 heavy (non-hydrogen) atoms. The molecule has 0 atom stereocenters. The number of thioether (sulfide) groups is 1. The molecule has 4 nitrogen and oxygen atoms in total. The maximum atomic E-state index is 4.19. The van der Waals surface area contributed by atoms with Gasteiger partial charge in [0.1, 0.15) is 0 Å². The molecule has 0 saturated heterocycles. The highest BCUT2D eigenvalue weighted by Gasteiger charge is 2.12. The van der Waals surface area contributed by atoms with Gasteiger partial charge in [0.2, 0.25) is 0 Å². The van der Waals surface area contributed by atoms with Gasteiger partial charge in [0, 0.05) is 26.2 Å². The number of aromatic nitrogens is 3. The SMILES string of the molecule is CSc1nnc(C2=CCN(C)C=C2)n1C. The first-order valence-corrected chi connectivity index (χ1v) is 5.97. The summed E-state index contributed by atoms with van der Waals surface area (Å²) in [4.78, 5) is 2.12. The van der Waals surface area contributed by atoms with E-state index in [1.54, 1.807) is 11.8 Å². The van der Waals surface area contributed by atoms with Crippen LogP contribution >= 0.6 is 11.8 Å². The Kier molecular flexibility index (Phi) is 2.81. The van der Waals surface area contributed by atoms with E-state index in [9.17, 15) is 0 Å². The first-order chi connectivity index (χ1) is 7.22. The molecule has 0 aliphatic carbocycles. The van der Waals surface area contributed by atoms with Crippen LogP contribution in [-0.2, 0) is 7.05 Å². The van der Waals surface area contributed by atoms with Crippen molar-refractivity contribution in [3.05, 3.63) is 24.2 Å². The fourth-order valence-corrected chi connectivity index (χ4v) is 1.97. The highest BCUT2D eigenvalue weighted by atomic mass is 32.2. The van der Waals surface area contributed by atoms with E-state index >= 15 is 0 Å². The van der Waals surface area contributed by atoms with Crippen LogP contribution in [0.5, 0.6) is 0 Å². The van der Waals surface area contributed by atoms with Crippen molar-refractivity contribution < 1.29 is 0 Å². The zero-order valence-corrected chi connectivity index (χ0v) is 9.95. The van der Waals surface area contributed by atoms with Gasteiger partial charge in [0.05, 0.1) is 0 Å². The highest BCUT2D eigenvalue weighted by molar-refractivity contribution is 7.98. The van der Waals surface area contributed by atoms with Gasteiger partial charge in [-0.05, 0) is 18.5 Å². The minimum atomic E-state index is 0.924. The van der Waals surface area contributed by atoms with Crippen LogP contribution in [0.25, 0.3) is 5.57 Å². The second-order valence-electron chi connectivity index (χ2n) is 3.48. The van der Waals surface area contributed by atoms with Gasteiger partial charge in [-0.3, -0.25) is 0 Å². The molecule has 0 N–H and O–H groups in total. The summed E-state index contributed by atoms with van der Waals surface area (Å²) in [6.07, 6.45) is 8.29. The molecular formula is C10H14N4S. The lowest BCUT2D eigenvalue weighted by molar-refractivity contribution is 0.506. The Morgan fingerprint density at radius 2 is 2.13 bits per heavy atom. The predicted octanol–water partition coefficient (Wildman–Crippen LogP) is 1.38. The average Bonchev–Trinajstić information content (AvgIpc) is 2.61. The molecule has 0 saturated carbocycles. The predicted molar refractivity (Wildman–Crippen MR) is 62.5 cm³/mol. The normalized spacial score (nSPS) is 15.7. The average molecular weight is 222 g/mol. The summed E-state index contributed by atoms with van der Waals surface area (Å²) in [5.41, 5.74) is 1.14. The zero-order valence-electron chi connectivity index (χ0n) is 9.14. The van der Waals surface area contributed by atoms with Gasteiger partial charge in [0.25, 0.3) is 0 Å². The summed E-state index contributed by atoms with van der Waals surface area (Å²) in [7, 11) is 4.04. The molecule has 0 bridgehead atoms. The molecule has 2 heterocycles. The quantitative estimate of drug-likeness (QED) is 0.708. The molecule has 1 aliphatic rings. The summed E-state index contributed by atoms with van der Waals surface area (Å²) >= 11 is 1.61. The number of allylic oxidation sites excluding steroid dienone is 2. The second-order valence-corrected chi connectivity index (χ2v) is 4.26. The van der Waals surface area contributed by atoms with Crippen molar-refractivity contribution in [1.29, 1.82) is 0 Å². The van der Waals surface area contributed by atoms with E-state index in [0.717, 1.165) is 23.1 Å². The van der Waals surface area contributed by atoms with Crippen LogP contribution in [-0.4, -0.2) is 39.5 Å². The van der Waals surface area contributed by atoms with Gasteiger partial charge in [-0.25, -0.2) is 0 Å². The zero-order chi connectivity index (χ0) is 10.8. The lowest BCUT2D eigenvalue weighted by atomic mass is 10.2. The molecule has 0 amide bonds. The van der Waals surface area contributed by atoms with E-state index in [1.165, 1.54) is 0 Å². The Balaban J connectivity index is 2.31. The Hall–Kier alpha value is -1.23. The van der Waals surface area contributed by atoms with Gasteiger partial charge in [-0.1, -0.05) is 17.8 Å². The van der Waals surface area contributed by atoms with Crippen LogP contribution in [0, 0.1) is 0 Å². The third kappa shape index (κ3) is 1.92. The third-order valence-corrected chi connectivity index (χ3v) is 3.10. The van der Waals surface area contributed by atoms with Crippen LogP contribution in [0.3, 0.4) is 0 Å². The van der Waals surface area contributed by atoms with Crippen molar-refractivity contribution in [2.24, 2.45) is 7.05 Å². The third-order valence-electron chi connectivity index (χ3n) is 2.38. The molecular weight excluding hydrogens is 208 g/mol. The summed E-state index contributed by atoms with van der Waals surface area (Å²) < 4.78 is 2.02. The number of nitrogens with zero attached hydrogens (tertiary/aromatic N) is 4. The van der Waals surface area contributed by atoms with Crippen LogP contribution in [0.1, 0.15) is 5.82 Å². The molecule has 0 aromatic carbocycles. The largest absolute Gasteiger partial charge is 0.377 e. The van der Waals surface area contributed by atoms with Gasteiger partial charge in [0.15, 0.2) is 11.0 Å². The Labute approximate surface area is 93.7 Å². The molecule has 0 radical (unpaired) electrons. The molecule has 0 fully saturated rings. The summed E-state index contributed by atoms with van der Waals surface area (Å²) in [5.74, 6) is 0.934. The van der Waals surface area contributed by atoms with Crippen molar-refractivity contribution >= 4 is 17.3 Å². The molecule has 5 heteroatoms. The number of hydrogen-bond acceptors (Lipinski definition) is 4. The van der Waals surface area contributed by atoms with Crippen LogP contribution in [0.2, 0.25) is 0 Å². The second kappa shape index (κ2) is 4.10. The van der Waals surface area contributed by atoms with E-state index in [1.807, 2.05) is 24.9 Å². The monoisotopic (exact) mass is 222 g/mol. The van der Waals surface area contributed by atoms with Gasteiger partial charge in [-0.2, -0.15) is 0 Å².